The first-order chi connectivity index (χ1) is 17.3. The molecule has 1 saturated heterocycles. The number of fused-ring (bicyclic) bond motifs is 2. The van der Waals surface area contributed by atoms with E-state index in [1.807, 2.05) is 18.2 Å². The van der Waals surface area contributed by atoms with Crippen LogP contribution in [-0.2, 0) is 11.2 Å². The van der Waals surface area contributed by atoms with E-state index in [4.69, 9.17) is 5.26 Å². The summed E-state index contributed by atoms with van der Waals surface area (Å²) >= 11 is 0. The molecule has 3 fully saturated rings. The number of anilines is 3. The minimum Gasteiger partial charge on any atom is -0.369 e. The van der Waals surface area contributed by atoms with Crippen molar-refractivity contribution in [2.45, 2.75) is 52.5 Å². The Morgan fingerprint density at radius 2 is 1.89 bits per heavy atom. The summed E-state index contributed by atoms with van der Waals surface area (Å²) in [6, 6.07) is 12.5. The Morgan fingerprint density at radius 1 is 1.14 bits per heavy atom. The minimum absolute atomic E-state index is 0.0356. The van der Waals surface area contributed by atoms with Crippen molar-refractivity contribution in [2.24, 2.45) is 16.7 Å². The molecule has 1 aromatic heterocycles. The summed E-state index contributed by atoms with van der Waals surface area (Å²) in [4.78, 5) is 26.3. The highest BCUT2D eigenvalue weighted by atomic mass is 16.1. The lowest BCUT2D eigenvalue weighted by atomic mass is 9.69. The zero-order chi connectivity index (χ0) is 25.3. The highest BCUT2D eigenvalue weighted by Crippen LogP contribution is 2.65. The van der Waals surface area contributed by atoms with Gasteiger partial charge in [-0.3, -0.25) is 9.69 Å². The molecule has 190 valence electrons. The molecule has 8 nitrogen and oxygen atoms in total. The van der Waals surface area contributed by atoms with Gasteiger partial charge in [0.1, 0.15) is 0 Å². The van der Waals surface area contributed by atoms with Crippen LogP contribution in [0.1, 0.15) is 45.7 Å². The van der Waals surface area contributed by atoms with Gasteiger partial charge >= 0.3 is 0 Å². The fourth-order valence-corrected chi connectivity index (χ4v) is 6.54. The second-order valence-corrected chi connectivity index (χ2v) is 11.4. The quantitative estimate of drug-likeness (QED) is 0.574. The van der Waals surface area contributed by atoms with Gasteiger partial charge in [-0.1, -0.05) is 20.8 Å². The predicted molar refractivity (Wildman–Crippen MR) is 141 cm³/mol. The fourth-order valence-electron chi connectivity index (χ4n) is 6.54. The van der Waals surface area contributed by atoms with E-state index in [1.165, 1.54) is 18.5 Å². The van der Waals surface area contributed by atoms with E-state index in [0.717, 1.165) is 38.3 Å². The summed E-state index contributed by atoms with van der Waals surface area (Å²) in [5.74, 6) is 1.22. The average Bonchev–Trinajstić information content (AvgIpc) is 3.19. The topological polar surface area (TPSA) is 97.2 Å². The molecule has 2 N–H and O–H groups in total. The Labute approximate surface area is 214 Å². The van der Waals surface area contributed by atoms with Crippen molar-refractivity contribution in [1.29, 1.82) is 5.26 Å². The zero-order valence-electron chi connectivity index (χ0n) is 21.6. The summed E-state index contributed by atoms with van der Waals surface area (Å²) < 4.78 is 0. The standard InChI is InChI=1S/C28H37N7O/c1-27(2)20-8-10-28(27,3)24(18-20)33-25(36)19-22-9-12-30-26(32-22)31-21-4-6-23(7-5-21)35-16-14-34(13-11-29)15-17-35/h4-7,9,12,20,24H,8,10,13-19H2,1-3H3,(H,33,36)(H,30,31,32). The maximum Gasteiger partial charge on any atom is 0.227 e. The number of nitrogens with one attached hydrogen (secondary N) is 2. The fraction of sp³-hybridized carbons (Fsp3) is 0.571. The van der Waals surface area contributed by atoms with Crippen LogP contribution < -0.4 is 15.5 Å². The van der Waals surface area contributed by atoms with Crippen LogP contribution in [0.15, 0.2) is 36.5 Å². The molecule has 2 aromatic rings. The van der Waals surface area contributed by atoms with Crippen molar-refractivity contribution in [3.63, 3.8) is 0 Å². The van der Waals surface area contributed by atoms with Crippen LogP contribution in [-0.4, -0.2) is 59.5 Å². The molecule has 5 rings (SSSR count). The number of carbonyl (C=O) groups is 1. The minimum atomic E-state index is 0.0356. The van der Waals surface area contributed by atoms with Crippen molar-refractivity contribution in [3.8, 4) is 6.07 Å². The van der Waals surface area contributed by atoms with E-state index in [2.05, 4.69) is 69.4 Å². The van der Waals surface area contributed by atoms with Crippen LogP contribution in [0.2, 0.25) is 0 Å². The molecule has 2 heterocycles. The Balaban J connectivity index is 1.15. The van der Waals surface area contributed by atoms with Crippen LogP contribution in [0, 0.1) is 28.1 Å². The lowest BCUT2D eigenvalue weighted by molar-refractivity contribution is -0.122. The number of benzene rings is 1. The van der Waals surface area contributed by atoms with Gasteiger partial charge in [-0.2, -0.15) is 5.26 Å². The van der Waals surface area contributed by atoms with Gasteiger partial charge in [0.2, 0.25) is 11.9 Å². The van der Waals surface area contributed by atoms with Crippen LogP contribution in [0.5, 0.6) is 0 Å². The Hall–Kier alpha value is -3.18. The Morgan fingerprint density at radius 3 is 2.53 bits per heavy atom. The molecule has 1 aliphatic heterocycles. The van der Waals surface area contributed by atoms with Gasteiger partial charge in [0.15, 0.2) is 0 Å². The lowest BCUT2D eigenvalue weighted by Gasteiger charge is -2.39. The molecule has 2 saturated carbocycles. The van der Waals surface area contributed by atoms with Gasteiger partial charge in [0.05, 0.1) is 24.7 Å². The number of hydrogen-bond donors (Lipinski definition) is 2. The summed E-state index contributed by atoms with van der Waals surface area (Å²) in [5, 5.41) is 15.5. The molecule has 0 radical (unpaired) electrons. The van der Waals surface area contributed by atoms with E-state index in [9.17, 15) is 4.79 Å². The Kier molecular flexibility index (Phi) is 6.60. The maximum absolute atomic E-state index is 12.9. The highest BCUT2D eigenvalue weighted by Gasteiger charge is 2.61. The summed E-state index contributed by atoms with van der Waals surface area (Å²) in [6.45, 7) is 11.2. The molecule has 2 bridgehead atoms. The van der Waals surface area contributed by atoms with E-state index in [0.29, 0.717) is 24.1 Å². The van der Waals surface area contributed by atoms with Crippen molar-refractivity contribution in [1.82, 2.24) is 20.2 Å². The molecular formula is C28H37N7O. The summed E-state index contributed by atoms with van der Waals surface area (Å²) in [5.41, 5.74) is 3.23. The molecule has 1 amide bonds. The third kappa shape index (κ3) is 4.64. The first-order valence-electron chi connectivity index (χ1n) is 13.1. The van der Waals surface area contributed by atoms with E-state index < -0.39 is 0 Å². The summed E-state index contributed by atoms with van der Waals surface area (Å²) in [6.07, 6.45) is 5.50. The molecular weight excluding hydrogens is 450 g/mol. The van der Waals surface area contributed by atoms with Crippen molar-refractivity contribution in [3.05, 3.63) is 42.2 Å². The van der Waals surface area contributed by atoms with Gasteiger partial charge in [0.25, 0.3) is 0 Å². The van der Waals surface area contributed by atoms with Gasteiger partial charge < -0.3 is 15.5 Å². The smallest absolute Gasteiger partial charge is 0.227 e. The number of piperazine rings is 1. The van der Waals surface area contributed by atoms with Gasteiger partial charge in [-0.05, 0) is 66.3 Å². The number of rotatable bonds is 7. The van der Waals surface area contributed by atoms with E-state index in [1.54, 1.807) is 6.20 Å². The van der Waals surface area contributed by atoms with Gasteiger partial charge in [-0.25, -0.2) is 9.97 Å². The van der Waals surface area contributed by atoms with Crippen LogP contribution >= 0.6 is 0 Å². The number of aromatic nitrogens is 2. The van der Waals surface area contributed by atoms with Crippen molar-refractivity contribution >= 4 is 23.2 Å². The monoisotopic (exact) mass is 487 g/mol. The number of nitriles is 1. The van der Waals surface area contributed by atoms with Crippen LogP contribution in [0.25, 0.3) is 0 Å². The van der Waals surface area contributed by atoms with Crippen molar-refractivity contribution < 1.29 is 4.79 Å². The second kappa shape index (κ2) is 9.70. The number of hydrogen-bond acceptors (Lipinski definition) is 7. The molecule has 36 heavy (non-hydrogen) atoms. The second-order valence-electron chi connectivity index (χ2n) is 11.4. The van der Waals surface area contributed by atoms with Gasteiger partial charge in [-0.15, -0.1) is 0 Å². The molecule has 3 aliphatic rings. The predicted octanol–water partition coefficient (Wildman–Crippen LogP) is 3.74. The first-order valence-corrected chi connectivity index (χ1v) is 13.1. The average molecular weight is 488 g/mol. The lowest BCUT2D eigenvalue weighted by Crippen LogP contribution is -2.47. The van der Waals surface area contributed by atoms with Crippen LogP contribution in [0.3, 0.4) is 0 Å². The normalized spacial score (nSPS) is 27.0. The molecule has 0 spiro atoms. The third-order valence-corrected chi connectivity index (χ3v) is 9.34. The van der Waals surface area contributed by atoms with Crippen LogP contribution in [0.4, 0.5) is 17.3 Å². The number of nitrogens with zero attached hydrogens (tertiary/aromatic N) is 5. The SMILES string of the molecule is CC1(C)C2CCC1(C)C(NC(=O)Cc1ccnc(Nc3ccc(N4CCN(CC#N)CC4)cc3)n1)C2. The molecule has 3 unspecified atom stereocenters. The number of carbonyl (C=O) groups excluding carboxylic acids is 1. The third-order valence-electron chi connectivity index (χ3n) is 9.34. The Bertz CT molecular complexity index is 1130. The molecule has 3 atom stereocenters. The maximum atomic E-state index is 12.9. The van der Waals surface area contributed by atoms with E-state index >= 15 is 0 Å². The highest BCUT2D eigenvalue weighted by molar-refractivity contribution is 5.78. The largest absolute Gasteiger partial charge is 0.369 e. The van der Waals surface area contributed by atoms with Crippen molar-refractivity contribution in [2.75, 3.05) is 42.9 Å². The van der Waals surface area contributed by atoms with Gasteiger partial charge in [0, 0.05) is 49.8 Å². The molecule has 2 aliphatic carbocycles. The molecule has 8 heteroatoms. The zero-order valence-corrected chi connectivity index (χ0v) is 21.6. The summed E-state index contributed by atoms with van der Waals surface area (Å²) in [7, 11) is 0. The number of amides is 1. The first kappa shape index (κ1) is 24.5. The van der Waals surface area contributed by atoms with E-state index in [-0.39, 0.29) is 29.2 Å². The molecule has 1 aromatic carbocycles.